The van der Waals surface area contributed by atoms with Crippen LogP contribution in [0.25, 0.3) is 11.5 Å². The highest BCUT2D eigenvalue weighted by atomic mass is 32.1. The van der Waals surface area contributed by atoms with Crippen molar-refractivity contribution >= 4 is 33.8 Å². The molecule has 0 spiro atoms. The third-order valence-electron chi connectivity index (χ3n) is 10.1. The van der Waals surface area contributed by atoms with E-state index in [1.807, 2.05) is 11.0 Å². The molecule has 4 aliphatic rings. The maximum atomic E-state index is 12.2. The van der Waals surface area contributed by atoms with Gasteiger partial charge in [-0.25, -0.2) is 4.98 Å². The second-order valence-electron chi connectivity index (χ2n) is 13.2. The zero-order valence-electron chi connectivity index (χ0n) is 26.2. The van der Waals surface area contributed by atoms with Gasteiger partial charge in [0.2, 0.25) is 17.6 Å². The van der Waals surface area contributed by atoms with Crippen LogP contribution in [0.2, 0.25) is 0 Å². The van der Waals surface area contributed by atoms with Crippen LogP contribution in [0.5, 0.6) is 0 Å². The van der Waals surface area contributed by atoms with Gasteiger partial charge in [-0.1, -0.05) is 18.7 Å². The molecule has 3 fully saturated rings. The Labute approximate surface area is 268 Å². The molecule has 0 radical (unpaired) electrons. The van der Waals surface area contributed by atoms with E-state index in [1.165, 1.54) is 36.8 Å². The van der Waals surface area contributed by atoms with Crippen molar-refractivity contribution in [2.24, 2.45) is 5.92 Å². The minimum atomic E-state index is -0.612. The number of amides is 1. The smallest absolute Gasteiger partial charge is 0.246 e. The van der Waals surface area contributed by atoms with Gasteiger partial charge < -0.3 is 25.0 Å². The highest BCUT2D eigenvalue weighted by Crippen LogP contribution is 2.52. The van der Waals surface area contributed by atoms with Crippen molar-refractivity contribution in [1.29, 1.82) is 5.26 Å². The summed E-state index contributed by atoms with van der Waals surface area (Å²) >= 11 is 1.50. The Kier molecular flexibility index (Phi) is 7.78. The molecule has 0 aromatic carbocycles. The number of piperazine rings is 2. The Balaban J connectivity index is 1.21. The SMILES string of the molecule is C=CC(=O)N1CCN(c2cc(-c3noc(C4(C)CCC(C)c5sc(N)c(C#N)c54)n3)nc(N3CCN(CC4CC4)CC3)c2)CC1. The average molecular weight is 628 g/mol. The van der Waals surface area contributed by atoms with E-state index >= 15 is 0 Å². The van der Waals surface area contributed by atoms with E-state index in [0.29, 0.717) is 60.1 Å². The van der Waals surface area contributed by atoms with Crippen LogP contribution < -0.4 is 15.5 Å². The van der Waals surface area contributed by atoms with E-state index in [4.69, 9.17) is 20.2 Å². The first kappa shape index (κ1) is 29.7. The molecule has 1 amide bonds. The van der Waals surface area contributed by atoms with E-state index in [9.17, 15) is 10.1 Å². The molecule has 7 rings (SSSR count). The minimum Gasteiger partial charge on any atom is -0.389 e. The number of nitriles is 1. The van der Waals surface area contributed by atoms with E-state index in [0.717, 1.165) is 66.9 Å². The molecule has 2 N–H and O–H groups in total. The number of aromatic nitrogens is 3. The number of hydrogen-bond acceptors (Lipinski definition) is 11. The predicted molar refractivity (Wildman–Crippen MR) is 175 cm³/mol. The molecule has 45 heavy (non-hydrogen) atoms. The highest BCUT2D eigenvalue weighted by Gasteiger charge is 2.45. The van der Waals surface area contributed by atoms with Crippen LogP contribution in [-0.4, -0.2) is 89.7 Å². The molecule has 1 saturated carbocycles. The molecule has 3 aromatic heterocycles. The van der Waals surface area contributed by atoms with Crippen LogP contribution in [-0.2, 0) is 10.2 Å². The summed E-state index contributed by atoms with van der Waals surface area (Å²) in [6.45, 7) is 15.7. The summed E-state index contributed by atoms with van der Waals surface area (Å²) in [5.41, 5.74) is 8.85. The fraction of sp³-hybridized carbons (Fsp3) is 0.545. The highest BCUT2D eigenvalue weighted by molar-refractivity contribution is 7.16. The molecule has 3 aromatic rings. The number of hydrogen-bond donors (Lipinski definition) is 1. The van der Waals surface area contributed by atoms with Crippen LogP contribution in [0.3, 0.4) is 0 Å². The maximum Gasteiger partial charge on any atom is 0.246 e. The largest absolute Gasteiger partial charge is 0.389 e. The summed E-state index contributed by atoms with van der Waals surface area (Å²) in [6, 6.07) is 6.54. The first-order valence-electron chi connectivity index (χ1n) is 16.1. The first-order chi connectivity index (χ1) is 21.8. The van der Waals surface area contributed by atoms with Gasteiger partial charge in [-0.2, -0.15) is 10.2 Å². The molecule has 2 aliphatic carbocycles. The lowest BCUT2D eigenvalue weighted by Crippen LogP contribution is -2.48. The molecular weight excluding hydrogens is 586 g/mol. The number of pyridine rings is 1. The first-order valence-corrected chi connectivity index (χ1v) is 16.9. The van der Waals surface area contributed by atoms with E-state index < -0.39 is 5.41 Å². The summed E-state index contributed by atoms with van der Waals surface area (Å²) in [6.07, 6.45) is 5.84. The van der Waals surface area contributed by atoms with Crippen molar-refractivity contribution in [2.75, 3.05) is 74.4 Å². The maximum absolute atomic E-state index is 12.2. The number of fused-ring (bicyclic) bond motifs is 1. The van der Waals surface area contributed by atoms with Crippen molar-refractivity contribution in [3.63, 3.8) is 0 Å². The van der Waals surface area contributed by atoms with Gasteiger partial charge in [-0.3, -0.25) is 9.69 Å². The van der Waals surface area contributed by atoms with Crippen molar-refractivity contribution in [1.82, 2.24) is 24.9 Å². The Morgan fingerprint density at radius 1 is 1.13 bits per heavy atom. The Morgan fingerprint density at radius 3 is 2.56 bits per heavy atom. The number of thiophene rings is 1. The van der Waals surface area contributed by atoms with E-state index in [1.54, 1.807) is 0 Å². The minimum absolute atomic E-state index is 0.0326. The van der Waals surface area contributed by atoms with Crippen LogP contribution in [0.15, 0.2) is 29.3 Å². The zero-order chi connectivity index (χ0) is 31.3. The molecule has 2 atom stereocenters. The number of nitrogens with two attached hydrogens (primary N) is 1. The van der Waals surface area contributed by atoms with Gasteiger partial charge in [0, 0.05) is 81.1 Å². The summed E-state index contributed by atoms with van der Waals surface area (Å²) in [4.78, 5) is 32.5. The van der Waals surface area contributed by atoms with Crippen molar-refractivity contribution < 1.29 is 9.32 Å². The molecule has 11 nitrogen and oxygen atoms in total. The number of nitrogen functional groups attached to an aromatic ring is 1. The van der Waals surface area contributed by atoms with Gasteiger partial charge in [0.05, 0.1) is 11.0 Å². The van der Waals surface area contributed by atoms with Crippen LogP contribution in [0, 0.1) is 17.2 Å². The van der Waals surface area contributed by atoms with Crippen molar-refractivity contribution in [3.8, 4) is 17.6 Å². The van der Waals surface area contributed by atoms with Crippen LogP contribution >= 0.6 is 11.3 Å². The standard InChI is InChI=1S/C33H41N9O2S/c1-4-27(43)42-15-13-40(14-16-42)23-17-25(36-26(18-23)41-11-9-39(10-12-41)20-22-5-6-22)31-37-32(44-38-31)33(3)8-7-21(2)29-28(33)24(19-34)30(35)45-29/h4,17-18,21-22H,1,5-16,20,35H2,2-3H3. The van der Waals surface area contributed by atoms with Gasteiger partial charge >= 0.3 is 0 Å². The average Bonchev–Trinajstić information content (AvgIpc) is 3.59. The fourth-order valence-corrected chi connectivity index (χ4v) is 8.33. The van der Waals surface area contributed by atoms with Crippen molar-refractivity contribution in [2.45, 2.75) is 50.9 Å². The number of carbonyl (C=O) groups excluding carboxylic acids is 1. The second kappa shape index (κ2) is 11.8. The Bertz CT molecular complexity index is 1640. The lowest BCUT2D eigenvalue weighted by atomic mass is 9.69. The summed E-state index contributed by atoms with van der Waals surface area (Å²) < 4.78 is 6.01. The van der Waals surface area contributed by atoms with Crippen LogP contribution in [0.4, 0.5) is 16.5 Å². The predicted octanol–water partition coefficient (Wildman–Crippen LogP) is 4.22. The summed E-state index contributed by atoms with van der Waals surface area (Å²) in [7, 11) is 0. The Morgan fingerprint density at radius 2 is 1.87 bits per heavy atom. The van der Waals surface area contributed by atoms with Gasteiger partial charge in [-0.15, -0.1) is 11.3 Å². The second-order valence-corrected chi connectivity index (χ2v) is 14.3. The van der Waals surface area contributed by atoms with Gasteiger partial charge in [0.15, 0.2) is 0 Å². The zero-order valence-corrected chi connectivity index (χ0v) is 27.0. The molecular formula is C33H41N9O2S. The molecule has 2 aliphatic heterocycles. The molecule has 236 valence electrons. The van der Waals surface area contributed by atoms with Gasteiger partial charge in [0.25, 0.3) is 0 Å². The summed E-state index contributed by atoms with van der Waals surface area (Å²) in [5, 5.41) is 15.0. The number of anilines is 3. The number of carbonyl (C=O) groups is 1. The van der Waals surface area contributed by atoms with Gasteiger partial charge in [-0.05, 0) is 56.6 Å². The molecule has 12 heteroatoms. The molecule has 2 saturated heterocycles. The van der Waals surface area contributed by atoms with E-state index in [2.05, 4.69) is 52.4 Å². The molecule has 0 bridgehead atoms. The molecule has 5 heterocycles. The number of rotatable bonds is 7. The quantitative estimate of drug-likeness (QED) is 0.380. The fourth-order valence-electron chi connectivity index (χ4n) is 7.10. The monoisotopic (exact) mass is 627 g/mol. The lowest BCUT2D eigenvalue weighted by molar-refractivity contribution is -0.126. The molecule has 2 unspecified atom stereocenters. The Hall–Kier alpha value is -3.95. The third-order valence-corrected chi connectivity index (χ3v) is 11.4. The normalized spacial score (nSPS) is 23.9. The lowest BCUT2D eigenvalue weighted by Gasteiger charge is -2.38. The van der Waals surface area contributed by atoms with Crippen LogP contribution in [0.1, 0.15) is 67.3 Å². The summed E-state index contributed by atoms with van der Waals surface area (Å²) in [5.74, 6) is 2.99. The number of nitrogens with zero attached hydrogens (tertiary/aromatic N) is 8. The third kappa shape index (κ3) is 5.57. The van der Waals surface area contributed by atoms with Gasteiger partial charge in [0.1, 0.15) is 22.6 Å². The van der Waals surface area contributed by atoms with Crippen molar-refractivity contribution in [3.05, 3.63) is 46.7 Å². The van der Waals surface area contributed by atoms with E-state index in [-0.39, 0.29) is 5.91 Å². The topological polar surface area (TPSA) is 132 Å².